The first kappa shape index (κ1) is 19.0. The Hall–Kier alpha value is -2.34. The number of phenolic OH excluding ortho intramolecular Hbond substituents is 1. The second-order valence-electron chi connectivity index (χ2n) is 7.64. The van der Waals surface area contributed by atoms with Gasteiger partial charge in [-0.05, 0) is 31.8 Å². The molecule has 6 nitrogen and oxygen atoms in total. The lowest BCUT2D eigenvalue weighted by Gasteiger charge is -2.29. The van der Waals surface area contributed by atoms with Gasteiger partial charge in [-0.25, -0.2) is 0 Å². The summed E-state index contributed by atoms with van der Waals surface area (Å²) in [4.78, 5) is 28.9. The maximum Gasteiger partial charge on any atom is 0.290 e. The number of hydrogen-bond donors (Lipinski definition) is 2. The number of hydrogen-bond acceptors (Lipinski definition) is 5. The number of aliphatic hydroxyl groups excluding tert-OH is 1. The molecule has 1 heterocycles. The van der Waals surface area contributed by atoms with Crippen LogP contribution in [0.25, 0.3) is 0 Å². The summed E-state index contributed by atoms with van der Waals surface area (Å²) in [5.74, 6) is -1.28. The summed E-state index contributed by atoms with van der Waals surface area (Å²) < 4.78 is 0. The molecule has 0 aliphatic carbocycles. The third kappa shape index (κ3) is 3.85. The molecule has 2 rings (SSSR count). The van der Waals surface area contributed by atoms with Crippen LogP contribution in [-0.4, -0.2) is 58.9 Å². The molecular formula is C19H26N2O4. The molecule has 25 heavy (non-hydrogen) atoms. The maximum atomic E-state index is 12.9. The fourth-order valence-corrected chi connectivity index (χ4v) is 2.87. The van der Waals surface area contributed by atoms with Crippen molar-refractivity contribution in [1.82, 2.24) is 9.80 Å². The van der Waals surface area contributed by atoms with Crippen LogP contribution in [-0.2, 0) is 9.59 Å². The number of aliphatic hydroxyl groups is 1. The van der Waals surface area contributed by atoms with Gasteiger partial charge in [0.05, 0.1) is 11.6 Å². The Labute approximate surface area is 148 Å². The zero-order valence-electron chi connectivity index (χ0n) is 15.4. The van der Waals surface area contributed by atoms with Crippen LogP contribution in [0.15, 0.2) is 35.6 Å². The van der Waals surface area contributed by atoms with Crippen LogP contribution in [0.2, 0.25) is 0 Å². The van der Waals surface area contributed by atoms with E-state index < -0.39 is 23.1 Å². The normalized spacial score (nSPS) is 18.4. The monoisotopic (exact) mass is 346 g/mol. The van der Waals surface area contributed by atoms with Crippen molar-refractivity contribution in [3.05, 3.63) is 41.2 Å². The average molecular weight is 346 g/mol. The largest absolute Gasteiger partial charge is 0.508 e. The fourth-order valence-electron chi connectivity index (χ4n) is 2.87. The van der Waals surface area contributed by atoms with E-state index >= 15 is 0 Å². The number of aromatic hydroxyl groups is 1. The Morgan fingerprint density at radius 2 is 1.88 bits per heavy atom. The molecule has 1 unspecified atom stereocenters. The van der Waals surface area contributed by atoms with Crippen molar-refractivity contribution in [1.29, 1.82) is 0 Å². The summed E-state index contributed by atoms with van der Waals surface area (Å²) in [6.07, 6.45) is 0. The van der Waals surface area contributed by atoms with E-state index in [9.17, 15) is 19.8 Å². The smallest absolute Gasteiger partial charge is 0.290 e. The molecule has 1 aliphatic heterocycles. The zero-order valence-corrected chi connectivity index (χ0v) is 15.4. The predicted molar refractivity (Wildman–Crippen MR) is 95.2 cm³/mol. The molecule has 2 N–H and O–H groups in total. The summed E-state index contributed by atoms with van der Waals surface area (Å²) >= 11 is 0. The van der Waals surface area contributed by atoms with Gasteiger partial charge < -0.3 is 20.0 Å². The molecule has 1 aliphatic rings. The van der Waals surface area contributed by atoms with Crippen LogP contribution < -0.4 is 0 Å². The number of nitrogens with zero attached hydrogens (tertiary/aromatic N) is 2. The van der Waals surface area contributed by atoms with E-state index in [1.165, 1.54) is 17.0 Å². The second kappa shape index (κ2) is 6.88. The summed E-state index contributed by atoms with van der Waals surface area (Å²) in [6, 6.07) is 5.75. The van der Waals surface area contributed by atoms with E-state index in [0.29, 0.717) is 18.7 Å². The molecule has 0 aromatic heterocycles. The molecule has 6 heteroatoms. The van der Waals surface area contributed by atoms with Crippen molar-refractivity contribution >= 4 is 11.7 Å². The molecule has 1 atom stereocenters. The topological polar surface area (TPSA) is 81.1 Å². The highest BCUT2D eigenvalue weighted by Gasteiger charge is 2.45. The number of likely N-dealkylation sites (N-methyl/N-ethyl adjacent to an activating group) is 1. The third-order valence-corrected chi connectivity index (χ3v) is 4.20. The molecule has 0 spiro atoms. The zero-order chi connectivity index (χ0) is 18.9. The van der Waals surface area contributed by atoms with Crippen molar-refractivity contribution in [3.8, 4) is 5.75 Å². The highest BCUT2D eigenvalue weighted by atomic mass is 16.3. The van der Waals surface area contributed by atoms with Crippen LogP contribution >= 0.6 is 0 Å². The first-order chi connectivity index (χ1) is 11.5. The summed E-state index contributed by atoms with van der Waals surface area (Å²) in [5, 5.41) is 20.2. The van der Waals surface area contributed by atoms with E-state index in [0.717, 1.165) is 0 Å². The number of Topliss-reactive ketones (excluding diaryl/α,β-unsaturated/α-hetero) is 1. The Balaban J connectivity index is 2.54. The van der Waals surface area contributed by atoms with Gasteiger partial charge in [-0.3, -0.25) is 9.59 Å². The van der Waals surface area contributed by atoms with E-state index in [1.54, 1.807) is 32.9 Å². The standard InChI is InChI=1S/C19H26N2O4/c1-19(2,3)17(24)14-15(12-7-6-8-13(22)11-12)21(10-9-20(4)5)18(25)16(14)23/h6-8,11,15,22-23H,9-10H2,1-5H3. The lowest BCUT2D eigenvalue weighted by atomic mass is 9.82. The van der Waals surface area contributed by atoms with Gasteiger partial charge in [0.25, 0.3) is 5.91 Å². The molecule has 136 valence electrons. The predicted octanol–water partition coefficient (Wildman–Crippen LogP) is 2.26. The number of carbonyl (C=O) groups excluding carboxylic acids is 2. The number of rotatable bonds is 5. The van der Waals surface area contributed by atoms with Crippen LogP contribution in [0.4, 0.5) is 0 Å². The molecular weight excluding hydrogens is 320 g/mol. The Bertz CT molecular complexity index is 716. The quantitative estimate of drug-likeness (QED) is 0.855. The van der Waals surface area contributed by atoms with Crippen molar-refractivity contribution in [2.45, 2.75) is 26.8 Å². The molecule has 0 fully saturated rings. The number of amides is 1. The highest BCUT2D eigenvalue weighted by molar-refractivity contribution is 6.10. The van der Waals surface area contributed by atoms with Crippen LogP contribution in [0.3, 0.4) is 0 Å². The second-order valence-corrected chi connectivity index (χ2v) is 7.64. The number of ketones is 1. The molecule has 1 aromatic carbocycles. The minimum Gasteiger partial charge on any atom is -0.508 e. The first-order valence-corrected chi connectivity index (χ1v) is 8.26. The molecule has 0 radical (unpaired) electrons. The van der Waals surface area contributed by atoms with Crippen molar-refractivity contribution < 1.29 is 19.8 Å². The lowest BCUT2D eigenvalue weighted by Crippen LogP contribution is -2.37. The minimum atomic E-state index is -0.740. The Morgan fingerprint density at radius 3 is 2.40 bits per heavy atom. The van der Waals surface area contributed by atoms with Gasteiger partial charge in [-0.15, -0.1) is 0 Å². The van der Waals surface area contributed by atoms with Gasteiger partial charge in [0.15, 0.2) is 11.5 Å². The summed E-state index contributed by atoms with van der Waals surface area (Å²) in [5.41, 5.74) is -0.0402. The summed E-state index contributed by atoms with van der Waals surface area (Å²) in [6.45, 7) is 6.20. The van der Waals surface area contributed by atoms with Gasteiger partial charge in [0.1, 0.15) is 5.75 Å². The molecule has 0 bridgehead atoms. The number of phenols is 1. The van der Waals surface area contributed by atoms with E-state index in [2.05, 4.69) is 0 Å². The van der Waals surface area contributed by atoms with Crippen molar-refractivity contribution in [2.24, 2.45) is 5.41 Å². The Morgan fingerprint density at radius 1 is 1.24 bits per heavy atom. The minimum absolute atomic E-state index is 0.0476. The van der Waals surface area contributed by atoms with Gasteiger partial charge in [0.2, 0.25) is 0 Å². The third-order valence-electron chi connectivity index (χ3n) is 4.20. The highest BCUT2D eigenvalue weighted by Crippen LogP contribution is 2.41. The van der Waals surface area contributed by atoms with E-state index in [1.807, 2.05) is 19.0 Å². The van der Waals surface area contributed by atoms with Crippen molar-refractivity contribution in [2.75, 3.05) is 27.2 Å². The van der Waals surface area contributed by atoms with Gasteiger partial charge in [-0.1, -0.05) is 32.9 Å². The number of benzene rings is 1. The maximum absolute atomic E-state index is 12.9. The number of carbonyl (C=O) groups is 2. The molecule has 1 amide bonds. The first-order valence-electron chi connectivity index (χ1n) is 8.26. The van der Waals surface area contributed by atoms with Gasteiger partial charge in [0, 0.05) is 18.5 Å². The molecule has 1 aromatic rings. The van der Waals surface area contributed by atoms with E-state index in [4.69, 9.17) is 0 Å². The summed E-state index contributed by atoms with van der Waals surface area (Å²) in [7, 11) is 3.77. The molecule has 0 saturated heterocycles. The van der Waals surface area contributed by atoms with Crippen LogP contribution in [0.1, 0.15) is 32.4 Å². The Kier molecular flexibility index (Phi) is 5.23. The fraction of sp³-hybridized carbons (Fsp3) is 0.474. The van der Waals surface area contributed by atoms with Gasteiger partial charge >= 0.3 is 0 Å². The van der Waals surface area contributed by atoms with Crippen LogP contribution in [0, 0.1) is 5.41 Å². The lowest BCUT2D eigenvalue weighted by molar-refractivity contribution is -0.129. The van der Waals surface area contributed by atoms with Crippen molar-refractivity contribution in [3.63, 3.8) is 0 Å². The molecule has 0 saturated carbocycles. The average Bonchev–Trinajstić information content (AvgIpc) is 2.75. The van der Waals surface area contributed by atoms with Crippen LogP contribution in [0.5, 0.6) is 5.75 Å². The van der Waals surface area contributed by atoms with Gasteiger partial charge in [-0.2, -0.15) is 0 Å². The van der Waals surface area contributed by atoms with E-state index in [-0.39, 0.29) is 17.1 Å². The SMILES string of the molecule is CN(C)CCN1C(=O)C(O)=C(C(=O)C(C)(C)C)C1c1cccc(O)c1.